The third-order valence-electron chi connectivity index (χ3n) is 5.20. The predicted molar refractivity (Wildman–Crippen MR) is 125 cm³/mol. The van der Waals surface area contributed by atoms with Gasteiger partial charge in [0.2, 0.25) is 0 Å². The van der Waals surface area contributed by atoms with E-state index in [1.807, 2.05) is 36.4 Å². The highest BCUT2D eigenvalue weighted by Crippen LogP contribution is 2.41. The maximum atomic E-state index is 12.7. The Morgan fingerprint density at radius 1 is 0.933 bits per heavy atom. The molecule has 30 heavy (non-hydrogen) atoms. The molecular weight excluding hydrogens is 388 g/mol. The summed E-state index contributed by atoms with van der Waals surface area (Å²) in [5, 5.41) is 3.04. The Labute approximate surface area is 182 Å². The molecule has 1 heterocycles. The molecule has 0 fully saturated rings. The number of nitrogens with zero attached hydrogens (tertiary/aromatic N) is 1. The number of fused-ring (bicyclic) bond motifs is 2. The van der Waals surface area contributed by atoms with Crippen LogP contribution in [0.25, 0.3) is 0 Å². The summed E-state index contributed by atoms with van der Waals surface area (Å²) in [5.41, 5.74) is 5.09. The van der Waals surface area contributed by atoms with Crippen molar-refractivity contribution >= 4 is 29.1 Å². The number of nitrogens with one attached hydrogen (secondary N) is 1. The van der Waals surface area contributed by atoms with Crippen LogP contribution < -0.4 is 5.32 Å². The first-order valence-corrected chi connectivity index (χ1v) is 11.4. The normalized spacial score (nSPS) is 12.4. The molecule has 3 nitrogen and oxygen atoms in total. The Kier molecular flexibility index (Phi) is 6.65. The maximum absolute atomic E-state index is 12.7. The Hall–Kier alpha value is -2.85. The fourth-order valence-electron chi connectivity index (χ4n) is 3.55. The Morgan fingerprint density at radius 3 is 2.57 bits per heavy atom. The first-order chi connectivity index (χ1) is 14.7. The van der Waals surface area contributed by atoms with Gasteiger partial charge in [-0.15, -0.1) is 0 Å². The highest BCUT2D eigenvalue weighted by atomic mass is 32.2. The topological polar surface area (TPSA) is 41.5 Å². The van der Waals surface area contributed by atoms with Gasteiger partial charge in [-0.25, -0.2) is 0 Å². The van der Waals surface area contributed by atoms with Crippen LogP contribution in [-0.4, -0.2) is 18.2 Å². The molecule has 4 heteroatoms. The van der Waals surface area contributed by atoms with E-state index in [1.165, 1.54) is 16.0 Å². The molecule has 0 atom stereocenters. The van der Waals surface area contributed by atoms with E-state index in [2.05, 4.69) is 48.6 Å². The van der Waals surface area contributed by atoms with Crippen LogP contribution in [0.1, 0.15) is 47.7 Å². The van der Waals surface area contributed by atoms with Crippen LogP contribution in [0.15, 0.2) is 87.6 Å². The molecule has 1 aliphatic heterocycles. The molecule has 3 aromatic rings. The molecule has 152 valence electrons. The van der Waals surface area contributed by atoms with Crippen molar-refractivity contribution in [3.05, 3.63) is 89.5 Å². The quantitative estimate of drug-likeness (QED) is 0.484. The molecule has 0 spiro atoms. The predicted octanol–water partition coefficient (Wildman–Crippen LogP) is 6.43. The average molecular weight is 415 g/mol. The molecule has 4 rings (SSSR count). The van der Waals surface area contributed by atoms with Crippen molar-refractivity contribution in [1.82, 2.24) is 5.32 Å². The molecule has 0 bridgehead atoms. The van der Waals surface area contributed by atoms with Gasteiger partial charge in [-0.05, 0) is 49.1 Å². The highest BCUT2D eigenvalue weighted by Gasteiger charge is 2.18. The van der Waals surface area contributed by atoms with Crippen molar-refractivity contribution < 1.29 is 4.79 Å². The second-order valence-electron chi connectivity index (χ2n) is 7.43. The SMILES string of the molecule is CCCCC1=Nc2cc(C(=O)NCCc3ccccc3)ccc2Sc2ccccc21. The minimum absolute atomic E-state index is 0.0502. The van der Waals surface area contributed by atoms with E-state index < -0.39 is 0 Å². The minimum Gasteiger partial charge on any atom is -0.352 e. The zero-order valence-corrected chi connectivity index (χ0v) is 18.0. The standard InChI is InChI=1S/C26H26N2OS/c1-2-3-12-22-21-11-7-8-13-24(21)30-25-15-14-20(18-23(25)28-22)26(29)27-17-16-19-9-5-4-6-10-19/h4-11,13-15,18H,2-3,12,16-17H2,1H3,(H,27,29). The molecule has 1 amide bonds. The van der Waals surface area contributed by atoms with Gasteiger partial charge in [-0.2, -0.15) is 0 Å². The third-order valence-corrected chi connectivity index (χ3v) is 6.34. The van der Waals surface area contributed by atoms with Crippen molar-refractivity contribution in [1.29, 1.82) is 0 Å². The number of carbonyl (C=O) groups is 1. The second-order valence-corrected chi connectivity index (χ2v) is 8.52. The average Bonchev–Trinajstić information content (AvgIpc) is 2.94. The summed E-state index contributed by atoms with van der Waals surface area (Å²) < 4.78 is 0. The smallest absolute Gasteiger partial charge is 0.251 e. The molecule has 1 N–H and O–H groups in total. The summed E-state index contributed by atoms with van der Waals surface area (Å²) in [5.74, 6) is -0.0502. The molecule has 3 aromatic carbocycles. The zero-order valence-electron chi connectivity index (χ0n) is 17.2. The van der Waals surface area contributed by atoms with E-state index in [4.69, 9.17) is 4.99 Å². The van der Waals surface area contributed by atoms with Crippen molar-refractivity contribution in [3.8, 4) is 0 Å². The van der Waals surface area contributed by atoms with Gasteiger partial charge in [0.1, 0.15) is 0 Å². The summed E-state index contributed by atoms with van der Waals surface area (Å²) in [4.78, 5) is 20.0. The van der Waals surface area contributed by atoms with Gasteiger partial charge in [-0.3, -0.25) is 9.79 Å². The number of unbranched alkanes of at least 4 members (excludes halogenated alkanes) is 1. The molecule has 0 aromatic heterocycles. The highest BCUT2D eigenvalue weighted by molar-refractivity contribution is 7.99. The zero-order chi connectivity index (χ0) is 20.8. The number of carbonyl (C=O) groups excluding carboxylic acids is 1. The van der Waals surface area contributed by atoms with E-state index in [1.54, 1.807) is 11.8 Å². The van der Waals surface area contributed by atoms with E-state index >= 15 is 0 Å². The molecule has 0 saturated heterocycles. The van der Waals surface area contributed by atoms with Crippen molar-refractivity contribution in [2.45, 2.75) is 42.4 Å². The molecule has 0 radical (unpaired) electrons. The van der Waals surface area contributed by atoms with Gasteiger partial charge in [0.05, 0.1) is 5.69 Å². The van der Waals surface area contributed by atoms with Gasteiger partial charge in [0, 0.05) is 33.2 Å². The van der Waals surface area contributed by atoms with Crippen LogP contribution in [0.2, 0.25) is 0 Å². The lowest BCUT2D eigenvalue weighted by molar-refractivity contribution is 0.0954. The van der Waals surface area contributed by atoms with E-state index in [0.29, 0.717) is 12.1 Å². The first kappa shape index (κ1) is 20.4. The molecule has 0 unspecified atom stereocenters. The minimum atomic E-state index is -0.0502. The first-order valence-electron chi connectivity index (χ1n) is 10.6. The molecule has 0 saturated carbocycles. The van der Waals surface area contributed by atoms with Gasteiger partial charge in [-0.1, -0.05) is 73.6 Å². The van der Waals surface area contributed by atoms with Crippen molar-refractivity contribution in [2.75, 3.05) is 6.54 Å². The summed E-state index contributed by atoms with van der Waals surface area (Å²) in [6.45, 7) is 2.81. The van der Waals surface area contributed by atoms with E-state index in [9.17, 15) is 4.79 Å². The van der Waals surface area contributed by atoms with Gasteiger partial charge >= 0.3 is 0 Å². The third kappa shape index (κ3) is 4.82. The van der Waals surface area contributed by atoms with E-state index in [-0.39, 0.29) is 5.91 Å². The van der Waals surface area contributed by atoms with Crippen LogP contribution in [0, 0.1) is 0 Å². The summed E-state index contributed by atoms with van der Waals surface area (Å²) in [6, 6.07) is 24.5. The number of amides is 1. The summed E-state index contributed by atoms with van der Waals surface area (Å²) in [7, 11) is 0. The van der Waals surface area contributed by atoms with Gasteiger partial charge in [0.25, 0.3) is 5.91 Å². The van der Waals surface area contributed by atoms with Crippen molar-refractivity contribution in [2.24, 2.45) is 4.99 Å². The Bertz CT molecular complexity index is 1060. The molecular formula is C26H26N2OS. The number of rotatable bonds is 7. The van der Waals surface area contributed by atoms with Crippen LogP contribution >= 0.6 is 11.8 Å². The number of benzene rings is 3. The van der Waals surface area contributed by atoms with E-state index in [0.717, 1.165) is 42.0 Å². The molecule has 0 aliphatic carbocycles. The second kappa shape index (κ2) is 9.77. The number of hydrogen-bond donors (Lipinski definition) is 1. The fourth-order valence-corrected chi connectivity index (χ4v) is 4.58. The summed E-state index contributed by atoms with van der Waals surface area (Å²) in [6.07, 6.45) is 4.00. The van der Waals surface area contributed by atoms with Crippen LogP contribution in [-0.2, 0) is 6.42 Å². The lowest BCUT2D eigenvalue weighted by Crippen LogP contribution is -2.25. The maximum Gasteiger partial charge on any atom is 0.251 e. The van der Waals surface area contributed by atoms with Crippen LogP contribution in [0.3, 0.4) is 0 Å². The molecule has 1 aliphatic rings. The Morgan fingerprint density at radius 2 is 1.73 bits per heavy atom. The number of aliphatic imine (C=N–C) groups is 1. The lowest BCUT2D eigenvalue weighted by atomic mass is 10.0. The van der Waals surface area contributed by atoms with Crippen LogP contribution in [0.4, 0.5) is 5.69 Å². The fraction of sp³-hybridized carbons (Fsp3) is 0.231. The lowest BCUT2D eigenvalue weighted by Gasteiger charge is -2.08. The van der Waals surface area contributed by atoms with Gasteiger partial charge in [0.15, 0.2) is 0 Å². The van der Waals surface area contributed by atoms with Crippen LogP contribution in [0.5, 0.6) is 0 Å². The summed E-state index contributed by atoms with van der Waals surface area (Å²) >= 11 is 1.73. The number of hydrogen-bond acceptors (Lipinski definition) is 3. The monoisotopic (exact) mass is 414 g/mol. The van der Waals surface area contributed by atoms with Crippen molar-refractivity contribution in [3.63, 3.8) is 0 Å². The van der Waals surface area contributed by atoms with Gasteiger partial charge < -0.3 is 5.32 Å². The Balaban J connectivity index is 1.54. The largest absolute Gasteiger partial charge is 0.352 e.